The summed E-state index contributed by atoms with van der Waals surface area (Å²) in [4.78, 5) is 16.5. The summed E-state index contributed by atoms with van der Waals surface area (Å²) in [6.45, 7) is 4.20. The molecular weight excluding hydrogens is 426 g/mol. The number of nitrogens with zero attached hydrogens (tertiary/aromatic N) is 3. The number of sulfonamides is 1. The summed E-state index contributed by atoms with van der Waals surface area (Å²) in [7, 11) is -3.42. The first-order valence-electron chi connectivity index (χ1n) is 8.72. The smallest absolute Gasteiger partial charge is 0.252 e. The van der Waals surface area contributed by atoms with E-state index in [1.807, 2.05) is 4.90 Å². The maximum Gasteiger partial charge on any atom is 0.252 e. The minimum Gasteiger partial charge on any atom is -0.342 e. The number of halogens is 1. The number of likely N-dealkylation sites (tertiary alicyclic amines) is 1. The maximum absolute atomic E-state index is 12.6. The molecule has 3 heterocycles. The number of rotatable bonds is 4. The summed E-state index contributed by atoms with van der Waals surface area (Å²) >= 11 is 4.55. The van der Waals surface area contributed by atoms with Crippen molar-refractivity contribution in [2.45, 2.75) is 29.9 Å². The summed E-state index contributed by atoms with van der Waals surface area (Å²) in [5.41, 5.74) is 0. The fourth-order valence-corrected chi connectivity index (χ4v) is 6.89. The molecule has 1 aromatic rings. The van der Waals surface area contributed by atoms with E-state index in [-0.39, 0.29) is 5.91 Å². The van der Waals surface area contributed by atoms with Crippen LogP contribution in [0.25, 0.3) is 0 Å². The van der Waals surface area contributed by atoms with Gasteiger partial charge in [0.25, 0.3) is 10.0 Å². The van der Waals surface area contributed by atoms with Crippen molar-refractivity contribution in [3.63, 3.8) is 0 Å². The summed E-state index contributed by atoms with van der Waals surface area (Å²) in [5, 5.41) is 0. The first-order chi connectivity index (χ1) is 12.0. The Morgan fingerprint density at radius 2 is 1.64 bits per heavy atom. The third kappa shape index (κ3) is 4.82. The lowest BCUT2D eigenvalue weighted by Gasteiger charge is -2.34. The Kier molecular flexibility index (Phi) is 6.54. The fraction of sp³-hybridized carbons (Fsp3) is 0.688. The molecule has 9 heteroatoms. The third-order valence-electron chi connectivity index (χ3n) is 4.79. The SMILES string of the molecule is O=C(CN1CCN(S(=O)(=O)c2ccc(Br)s2)CC1)N1CCCCCC1. The zero-order valence-electron chi connectivity index (χ0n) is 14.2. The lowest BCUT2D eigenvalue weighted by molar-refractivity contribution is -0.132. The van der Waals surface area contributed by atoms with Gasteiger partial charge in [-0.1, -0.05) is 12.8 Å². The molecule has 0 unspecified atom stereocenters. The van der Waals surface area contributed by atoms with Crippen molar-refractivity contribution < 1.29 is 13.2 Å². The van der Waals surface area contributed by atoms with E-state index < -0.39 is 10.0 Å². The van der Waals surface area contributed by atoms with Gasteiger partial charge in [-0.15, -0.1) is 11.3 Å². The van der Waals surface area contributed by atoms with Gasteiger partial charge in [-0.3, -0.25) is 9.69 Å². The minimum atomic E-state index is -3.42. The molecule has 0 spiro atoms. The highest BCUT2D eigenvalue weighted by atomic mass is 79.9. The van der Waals surface area contributed by atoms with Gasteiger partial charge < -0.3 is 4.90 Å². The quantitative estimate of drug-likeness (QED) is 0.706. The van der Waals surface area contributed by atoms with E-state index in [9.17, 15) is 13.2 Å². The predicted octanol–water partition coefficient (Wildman–Crippen LogP) is 2.22. The molecule has 0 aliphatic carbocycles. The Labute approximate surface area is 162 Å². The van der Waals surface area contributed by atoms with Crippen molar-refractivity contribution in [2.75, 3.05) is 45.8 Å². The molecule has 25 heavy (non-hydrogen) atoms. The summed E-state index contributed by atoms with van der Waals surface area (Å²) in [6.07, 6.45) is 4.60. The summed E-state index contributed by atoms with van der Waals surface area (Å²) in [6, 6.07) is 3.40. The van der Waals surface area contributed by atoms with Crippen LogP contribution < -0.4 is 0 Å². The molecule has 1 aromatic heterocycles. The molecule has 0 N–H and O–H groups in total. The Morgan fingerprint density at radius 3 is 2.20 bits per heavy atom. The first kappa shape index (κ1) is 19.3. The van der Waals surface area contributed by atoms with Gasteiger partial charge in [-0.05, 0) is 40.9 Å². The van der Waals surface area contributed by atoms with Crippen LogP contribution in [0.2, 0.25) is 0 Å². The zero-order chi connectivity index (χ0) is 17.9. The van der Waals surface area contributed by atoms with Gasteiger partial charge in [0.05, 0.1) is 10.3 Å². The number of hydrogen-bond donors (Lipinski definition) is 0. The Morgan fingerprint density at radius 1 is 1.00 bits per heavy atom. The van der Waals surface area contributed by atoms with Crippen LogP contribution in [0.1, 0.15) is 25.7 Å². The highest BCUT2D eigenvalue weighted by molar-refractivity contribution is 9.11. The van der Waals surface area contributed by atoms with Crippen LogP contribution >= 0.6 is 27.3 Å². The Bertz CT molecular complexity index is 691. The molecule has 0 radical (unpaired) electrons. The maximum atomic E-state index is 12.6. The van der Waals surface area contributed by atoms with Crippen LogP contribution in [0.15, 0.2) is 20.1 Å². The molecule has 2 aliphatic heterocycles. The van der Waals surface area contributed by atoms with Gasteiger partial charge >= 0.3 is 0 Å². The molecule has 2 saturated heterocycles. The molecule has 1 amide bonds. The van der Waals surface area contributed by atoms with E-state index in [0.717, 1.165) is 29.7 Å². The van der Waals surface area contributed by atoms with E-state index in [1.165, 1.54) is 28.5 Å². The van der Waals surface area contributed by atoms with Gasteiger partial charge in [-0.25, -0.2) is 8.42 Å². The second kappa shape index (κ2) is 8.47. The molecule has 0 bridgehead atoms. The Hall–Kier alpha value is -0.480. The van der Waals surface area contributed by atoms with Crippen molar-refractivity contribution in [1.29, 1.82) is 0 Å². The van der Waals surface area contributed by atoms with Crippen molar-refractivity contribution in [2.24, 2.45) is 0 Å². The van der Waals surface area contributed by atoms with Crippen LogP contribution in [0.5, 0.6) is 0 Å². The van der Waals surface area contributed by atoms with E-state index in [4.69, 9.17) is 0 Å². The second-order valence-electron chi connectivity index (χ2n) is 6.53. The highest BCUT2D eigenvalue weighted by Crippen LogP contribution is 2.28. The van der Waals surface area contributed by atoms with E-state index in [0.29, 0.717) is 36.9 Å². The molecule has 2 fully saturated rings. The molecule has 3 rings (SSSR count). The van der Waals surface area contributed by atoms with Gasteiger partial charge in [-0.2, -0.15) is 4.31 Å². The standard InChI is InChI=1S/C16H24BrN3O3S2/c17-14-5-6-16(24-14)25(22,23)20-11-9-18(10-12-20)13-15(21)19-7-3-1-2-4-8-19/h5-6H,1-4,7-13H2. The summed E-state index contributed by atoms with van der Waals surface area (Å²) in [5.74, 6) is 0.181. The molecule has 0 aromatic carbocycles. The van der Waals surface area contributed by atoms with Crippen molar-refractivity contribution in [3.05, 3.63) is 15.9 Å². The number of thiophene rings is 1. The van der Waals surface area contributed by atoms with E-state index >= 15 is 0 Å². The van der Waals surface area contributed by atoms with Crippen molar-refractivity contribution >= 4 is 43.2 Å². The van der Waals surface area contributed by atoms with Gasteiger partial charge in [0.2, 0.25) is 5.91 Å². The van der Waals surface area contributed by atoms with Crippen LogP contribution in [-0.4, -0.2) is 74.2 Å². The second-order valence-corrected chi connectivity index (χ2v) is 11.2. The lowest BCUT2D eigenvalue weighted by Crippen LogP contribution is -2.51. The molecule has 6 nitrogen and oxygen atoms in total. The average Bonchev–Trinajstić information content (AvgIpc) is 2.86. The van der Waals surface area contributed by atoms with Gasteiger partial charge in [0, 0.05) is 39.3 Å². The molecule has 0 saturated carbocycles. The average molecular weight is 450 g/mol. The van der Waals surface area contributed by atoms with E-state index in [1.54, 1.807) is 12.1 Å². The lowest BCUT2D eigenvalue weighted by atomic mass is 10.2. The highest BCUT2D eigenvalue weighted by Gasteiger charge is 2.30. The molecule has 0 atom stereocenters. The number of carbonyl (C=O) groups is 1. The fourth-order valence-electron chi connectivity index (χ4n) is 3.30. The molecular formula is C16H24BrN3O3S2. The Balaban J connectivity index is 1.52. The van der Waals surface area contributed by atoms with Crippen LogP contribution in [0.4, 0.5) is 0 Å². The predicted molar refractivity (Wildman–Crippen MR) is 102 cm³/mol. The number of carbonyl (C=O) groups excluding carboxylic acids is 1. The minimum absolute atomic E-state index is 0.181. The zero-order valence-corrected chi connectivity index (χ0v) is 17.4. The molecule has 140 valence electrons. The normalized spacial score (nSPS) is 21.2. The summed E-state index contributed by atoms with van der Waals surface area (Å²) < 4.78 is 28.0. The van der Waals surface area contributed by atoms with Gasteiger partial charge in [0.15, 0.2) is 0 Å². The van der Waals surface area contributed by atoms with Gasteiger partial charge in [0.1, 0.15) is 4.21 Å². The number of amides is 1. The van der Waals surface area contributed by atoms with Crippen LogP contribution in [0, 0.1) is 0 Å². The number of hydrogen-bond acceptors (Lipinski definition) is 5. The van der Waals surface area contributed by atoms with Crippen LogP contribution in [0.3, 0.4) is 0 Å². The largest absolute Gasteiger partial charge is 0.342 e. The monoisotopic (exact) mass is 449 g/mol. The molecule has 2 aliphatic rings. The van der Waals surface area contributed by atoms with Crippen LogP contribution in [-0.2, 0) is 14.8 Å². The van der Waals surface area contributed by atoms with Crippen molar-refractivity contribution in [1.82, 2.24) is 14.1 Å². The third-order valence-corrected chi connectivity index (χ3v) is 8.78. The van der Waals surface area contributed by atoms with Crippen molar-refractivity contribution in [3.8, 4) is 0 Å². The first-order valence-corrected chi connectivity index (χ1v) is 11.8. The topological polar surface area (TPSA) is 60.9 Å². The number of piperazine rings is 1. The van der Waals surface area contributed by atoms with E-state index in [2.05, 4.69) is 20.8 Å².